The van der Waals surface area contributed by atoms with Crippen LogP contribution in [-0.2, 0) is 9.59 Å². The second-order valence-corrected chi connectivity index (χ2v) is 3.54. The highest BCUT2D eigenvalue weighted by molar-refractivity contribution is 5.87. The number of rotatable bonds is 5. The summed E-state index contributed by atoms with van der Waals surface area (Å²) in [4.78, 5) is 23.8. The van der Waals surface area contributed by atoms with Gasteiger partial charge in [0.15, 0.2) is 0 Å². The van der Waals surface area contributed by atoms with Gasteiger partial charge in [0.2, 0.25) is 11.8 Å². The van der Waals surface area contributed by atoms with E-state index in [2.05, 4.69) is 5.92 Å². The second-order valence-electron chi connectivity index (χ2n) is 3.54. The predicted molar refractivity (Wildman–Crippen MR) is 57.5 cm³/mol. The Morgan fingerprint density at radius 3 is 2.33 bits per heavy atom. The number of carbonyl (C=O) groups is 2. The monoisotopic (exact) mass is 211 g/mol. The Bertz CT molecular complexity index is 281. The maximum Gasteiger partial charge on any atom is 0.241 e. The summed E-state index contributed by atoms with van der Waals surface area (Å²) in [7, 11) is 0. The minimum atomic E-state index is -0.767. The highest BCUT2D eigenvalue weighted by Crippen LogP contribution is 2.02. The van der Waals surface area contributed by atoms with Crippen LogP contribution in [0.2, 0.25) is 0 Å². The molecule has 0 fully saturated rings. The molecule has 0 aliphatic carbocycles. The van der Waals surface area contributed by atoms with Crippen LogP contribution in [0.1, 0.15) is 20.3 Å². The molecular weight excluding hydrogens is 194 g/mol. The van der Waals surface area contributed by atoms with Gasteiger partial charge in [-0.15, -0.1) is 12.3 Å². The lowest BCUT2D eigenvalue weighted by molar-refractivity contribution is -0.137. The number of nitrogens with two attached hydrogens (primary N) is 2. The van der Waals surface area contributed by atoms with E-state index in [1.165, 1.54) is 4.90 Å². The maximum absolute atomic E-state index is 11.7. The third-order valence-electron chi connectivity index (χ3n) is 1.89. The zero-order valence-corrected chi connectivity index (χ0v) is 9.06. The van der Waals surface area contributed by atoms with Crippen LogP contribution in [0.25, 0.3) is 0 Å². The standard InChI is InChI=1S/C10H17N3O2/c1-4-5-8(11)10(15)13(7(2)3)6-9(12)14/h1,7-8H,5-6,11H2,2-3H3,(H2,12,14). The van der Waals surface area contributed by atoms with Gasteiger partial charge < -0.3 is 16.4 Å². The Kier molecular flexibility index (Phi) is 5.42. The Labute approximate surface area is 89.8 Å². The zero-order valence-electron chi connectivity index (χ0n) is 9.06. The molecule has 0 aliphatic heterocycles. The van der Waals surface area contributed by atoms with Gasteiger partial charge in [0, 0.05) is 12.5 Å². The van der Waals surface area contributed by atoms with Crippen molar-refractivity contribution in [3.63, 3.8) is 0 Å². The van der Waals surface area contributed by atoms with E-state index in [4.69, 9.17) is 17.9 Å². The number of primary amides is 1. The van der Waals surface area contributed by atoms with Gasteiger partial charge in [-0.25, -0.2) is 0 Å². The summed E-state index contributed by atoms with van der Waals surface area (Å²) in [5.41, 5.74) is 10.6. The van der Waals surface area contributed by atoms with Crippen LogP contribution in [0.5, 0.6) is 0 Å². The van der Waals surface area contributed by atoms with Gasteiger partial charge >= 0.3 is 0 Å². The Hall–Kier alpha value is -1.54. The third kappa shape index (κ3) is 4.47. The van der Waals surface area contributed by atoms with Crippen molar-refractivity contribution in [1.82, 2.24) is 4.90 Å². The molecule has 1 atom stereocenters. The molecule has 5 nitrogen and oxygen atoms in total. The Morgan fingerprint density at radius 1 is 1.47 bits per heavy atom. The van der Waals surface area contributed by atoms with E-state index in [9.17, 15) is 9.59 Å². The first-order valence-corrected chi connectivity index (χ1v) is 4.68. The summed E-state index contributed by atoms with van der Waals surface area (Å²) in [6, 6.07) is -0.898. The molecule has 0 saturated heterocycles. The van der Waals surface area contributed by atoms with Gasteiger partial charge in [0.25, 0.3) is 0 Å². The summed E-state index contributed by atoms with van der Waals surface area (Å²) < 4.78 is 0. The van der Waals surface area contributed by atoms with Gasteiger partial charge in [0.05, 0.1) is 12.6 Å². The summed E-state index contributed by atoms with van der Waals surface area (Å²) in [6.07, 6.45) is 5.21. The first-order valence-electron chi connectivity index (χ1n) is 4.68. The lowest BCUT2D eigenvalue weighted by Gasteiger charge is -2.27. The fourth-order valence-electron chi connectivity index (χ4n) is 1.11. The predicted octanol–water partition coefficient (Wildman–Crippen LogP) is -0.941. The zero-order chi connectivity index (χ0) is 12.0. The summed E-state index contributed by atoms with van der Waals surface area (Å²) >= 11 is 0. The van der Waals surface area contributed by atoms with E-state index in [1.807, 2.05) is 0 Å². The van der Waals surface area contributed by atoms with Crippen molar-refractivity contribution >= 4 is 11.8 Å². The molecule has 84 valence electrons. The van der Waals surface area contributed by atoms with Crippen molar-refractivity contribution in [2.75, 3.05) is 6.54 Å². The van der Waals surface area contributed by atoms with Crippen LogP contribution < -0.4 is 11.5 Å². The largest absolute Gasteiger partial charge is 0.368 e. The van der Waals surface area contributed by atoms with Crippen LogP contribution in [0.15, 0.2) is 0 Å². The van der Waals surface area contributed by atoms with Crippen LogP contribution in [0.3, 0.4) is 0 Å². The van der Waals surface area contributed by atoms with Crippen molar-refractivity contribution in [2.45, 2.75) is 32.4 Å². The van der Waals surface area contributed by atoms with Crippen molar-refractivity contribution in [1.29, 1.82) is 0 Å². The van der Waals surface area contributed by atoms with Crippen LogP contribution in [-0.4, -0.2) is 35.3 Å². The molecule has 1 unspecified atom stereocenters. The minimum Gasteiger partial charge on any atom is -0.368 e. The first kappa shape index (κ1) is 13.5. The van der Waals surface area contributed by atoms with E-state index >= 15 is 0 Å². The van der Waals surface area contributed by atoms with Crippen molar-refractivity contribution in [3.05, 3.63) is 0 Å². The number of hydrogen-bond acceptors (Lipinski definition) is 3. The average Bonchev–Trinajstić information content (AvgIpc) is 2.12. The van der Waals surface area contributed by atoms with Crippen molar-refractivity contribution in [2.24, 2.45) is 11.5 Å². The SMILES string of the molecule is C#CCC(N)C(=O)N(CC(N)=O)C(C)C. The number of nitrogens with zero attached hydrogens (tertiary/aromatic N) is 1. The second kappa shape index (κ2) is 6.04. The van der Waals surface area contributed by atoms with E-state index in [0.717, 1.165) is 0 Å². The topological polar surface area (TPSA) is 89.4 Å². The van der Waals surface area contributed by atoms with Gasteiger partial charge in [-0.3, -0.25) is 9.59 Å². The fourth-order valence-corrected chi connectivity index (χ4v) is 1.11. The molecule has 0 aliphatic rings. The van der Waals surface area contributed by atoms with E-state index in [0.29, 0.717) is 0 Å². The van der Waals surface area contributed by atoms with Gasteiger partial charge in [-0.1, -0.05) is 0 Å². The summed E-state index contributed by atoms with van der Waals surface area (Å²) in [6.45, 7) is 3.43. The van der Waals surface area contributed by atoms with E-state index in [-0.39, 0.29) is 24.9 Å². The van der Waals surface area contributed by atoms with Crippen LogP contribution in [0, 0.1) is 12.3 Å². The molecule has 2 amide bonds. The summed E-state index contributed by atoms with van der Waals surface area (Å²) in [5.74, 6) is 1.40. The maximum atomic E-state index is 11.7. The fraction of sp³-hybridized carbons (Fsp3) is 0.600. The highest BCUT2D eigenvalue weighted by Gasteiger charge is 2.23. The van der Waals surface area contributed by atoms with Crippen LogP contribution in [0.4, 0.5) is 0 Å². The lowest BCUT2D eigenvalue weighted by atomic mass is 10.1. The number of hydrogen-bond donors (Lipinski definition) is 2. The molecule has 0 aromatic carbocycles. The minimum absolute atomic E-state index is 0.130. The van der Waals surface area contributed by atoms with E-state index < -0.39 is 11.9 Å². The van der Waals surface area contributed by atoms with E-state index in [1.54, 1.807) is 13.8 Å². The molecule has 0 spiro atoms. The van der Waals surface area contributed by atoms with Gasteiger partial charge in [-0.2, -0.15) is 0 Å². The molecule has 0 bridgehead atoms. The number of amides is 2. The molecule has 0 aromatic heterocycles. The molecule has 0 aromatic rings. The lowest BCUT2D eigenvalue weighted by Crippen LogP contribution is -2.49. The molecule has 0 saturated carbocycles. The molecular formula is C10H17N3O2. The molecule has 5 heteroatoms. The third-order valence-corrected chi connectivity index (χ3v) is 1.89. The Balaban J connectivity index is 4.56. The van der Waals surface area contributed by atoms with Crippen molar-refractivity contribution < 1.29 is 9.59 Å². The van der Waals surface area contributed by atoms with Gasteiger partial charge in [-0.05, 0) is 13.8 Å². The molecule has 0 rings (SSSR count). The van der Waals surface area contributed by atoms with Gasteiger partial charge in [0.1, 0.15) is 0 Å². The Morgan fingerprint density at radius 2 is 2.00 bits per heavy atom. The molecule has 0 radical (unpaired) electrons. The van der Waals surface area contributed by atoms with Crippen LogP contribution >= 0.6 is 0 Å². The summed E-state index contributed by atoms with van der Waals surface area (Å²) in [5, 5.41) is 0. The highest BCUT2D eigenvalue weighted by atomic mass is 16.2. The molecule has 15 heavy (non-hydrogen) atoms. The number of terminal acetylenes is 1. The average molecular weight is 211 g/mol. The number of carbonyl (C=O) groups excluding carboxylic acids is 2. The molecule has 0 heterocycles. The first-order chi connectivity index (χ1) is 6.90. The molecule has 4 N–H and O–H groups in total. The quantitative estimate of drug-likeness (QED) is 0.575. The van der Waals surface area contributed by atoms with Crippen molar-refractivity contribution in [3.8, 4) is 12.3 Å². The normalized spacial score (nSPS) is 11.9. The smallest absolute Gasteiger partial charge is 0.241 e.